The fraction of sp³-hybridized carbons (Fsp3) is 0.471. The Morgan fingerprint density at radius 2 is 1.92 bits per heavy atom. The molecule has 2 aliphatic heterocycles. The third-order valence-corrected chi connectivity index (χ3v) is 4.53. The summed E-state index contributed by atoms with van der Waals surface area (Å²) >= 11 is 0. The van der Waals surface area contributed by atoms with Crippen LogP contribution in [0.5, 0.6) is 0 Å². The Labute approximate surface area is 145 Å². The van der Waals surface area contributed by atoms with E-state index in [2.05, 4.69) is 20.2 Å². The molecule has 25 heavy (non-hydrogen) atoms. The van der Waals surface area contributed by atoms with E-state index in [9.17, 15) is 4.79 Å². The lowest BCUT2D eigenvalue weighted by atomic mass is 10.0. The molecule has 0 saturated carbocycles. The summed E-state index contributed by atoms with van der Waals surface area (Å²) in [5.41, 5.74) is 0.422. The molecule has 2 saturated heterocycles. The van der Waals surface area contributed by atoms with Gasteiger partial charge < -0.3 is 24.1 Å². The van der Waals surface area contributed by atoms with Crippen LogP contribution in [0, 0.1) is 0 Å². The van der Waals surface area contributed by atoms with E-state index in [1.165, 1.54) is 0 Å². The number of amides is 1. The quantitative estimate of drug-likeness (QED) is 0.895. The maximum absolute atomic E-state index is 12.1. The number of ether oxygens (including phenoxy) is 2. The maximum Gasteiger partial charge on any atom is 0.254 e. The van der Waals surface area contributed by atoms with Gasteiger partial charge in [-0.25, -0.2) is 9.97 Å². The molecule has 4 heterocycles. The predicted octanol–water partition coefficient (Wildman–Crippen LogP) is 1.34. The largest absolute Gasteiger partial charge is 0.467 e. The van der Waals surface area contributed by atoms with Crippen molar-refractivity contribution in [2.75, 3.05) is 31.2 Å². The van der Waals surface area contributed by atoms with Crippen LogP contribution in [0.15, 0.2) is 35.2 Å². The standard InChI is InChI=1S/C17H20N4O4/c22-15(18-12-14-2-1-7-23-14)13-10-19-16(20-11-13)21-5-3-17(4-6-21)24-8-9-25-17/h1-2,7,10-11H,3-6,8-9,12H2,(H,18,22). The maximum atomic E-state index is 12.1. The molecule has 0 aliphatic carbocycles. The van der Waals surface area contributed by atoms with Crippen molar-refractivity contribution in [1.29, 1.82) is 0 Å². The third kappa shape index (κ3) is 3.49. The highest BCUT2D eigenvalue weighted by atomic mass is 16.7. The minimum atomic E-state index is -0.415. The van der Waals surface area contributed by atoms with Crippen LogP contribution in [-0.4, -0.2) is 48.0 Å². The van der Waals surface area contributed by atoms with Crippen LogP contribution in [0.25, 0.3) is 0 Å². The van der Waals surface area contributed by atoms with Gasteiger partial charge in [-0.3, -0.25) is 4.79 Å². The topological polar surface area (TPSA) is 89.7 Å². The van der Waals surface area contributed by atoms with Crippen molar-refractivity contribution >= 4 is 11.9 Å². The minimum absolute atomic E-state index is 0.228. The van der Waals surface area contributed by atoms with Gasteiger partial charge >= 0.3 is 0 Å². The molecule has 1 spiro atoms. The van der Waals surface area contributed by atoms with E-state index in [0.29, 0.717) is 37.0 Å². The van der Waals surface area contributed by atoms with E-state index in [4.69, 9.17) is 13.9 Å². The summed E-state index contributed by atoms with van der Waals surface area (Å²) in [4.78, 5) is 22.9. The Morgan fingerprint density at radius 3 is 2.56 bits per heavy atom. The zero-order valence-corrected chi connectivity index (χ0v) is 13.8. The van der Waals surface area contributed by atoms with E-state index in [1.807, 2.05) is 0 Å². The van der Waals surface area contributed by atoms with Gasteiger partial charge in [0.15, 0.2) is 5.79 Å². The van der Waals surface area contributed by atoms with Crippen LogP contribution < -0.4 is 10.2 Å². The summed E-state index contributed by atoms with van der Waals surface area (Å²) in [6, 6.07) is 3.59. The average molecular weight is 344 g/mol. The molecule has 0 aromatic carbocycles. The summed E-state index contributed by atoms with van der Waals surface area (Å²) in [5.74, 6) is 0.676. The molecule has 0 atom stereocenters. The first-order valence-corrected chi connectivity index (χ1v) is 8.40. The number of piperidine rings is 1. The van der Waals surface area contributed by atoms with Crippen LogP contribution in [0.2, 0.25) is 0 Å². The summed E-state index contributed by atoms with van der Waals surface area (Å²) in [6.07, 6.45) is 6.26. The number of nitrogens with zero attached hydrogens (tertiary/aromatic N) is 3. The molecule has 2 aromatic heterocycles. The van der Waals surface area contributed by atoms with Crippen molar-refractivity contribution in [2.45, 2.75) is 25.2 Å². The second kappa shape index (κ2) is 6.81. The van der Waals surface area contributed by atoms with Crippen molar-refractivity contribution in [3.05, 3.63) is 42.1 Å². The predicted molar refractivity (Wildman–Crippen MR) is 88.0 cm³/mol. The summed E-state index contributed by atoms with van der Waals surface area (Å²) in [6.45, 7) is 3.20. The van der Waals surface area contributed by atoms with Gasteiger partial charge in [0.05, 0.1) is 31.6 Å². The normalized spacial score (nSPS) is 19.3. The lowest BCUT2D eigenvalue weighted by Crippen LogP contribution is -2.45. The van der Waals surface area contributed by atoms with Crippen molar-refractivity contribution in [3.63, 3.8) is 0 Å². The van der Waals surface area contributed by atoms with Gasteiger partial charge in [0.1, 0.15) is 5.76 Å². The molecule has 8 heteroatoms. The Hall–Kier alpha value is -2.45. The average Bonchev–Trinajstić information content (AvgIpc) is 3.33. The molecule has 0 bridgehead atoms. The number of nitrogens with one attached hydrogen (secondary N) is 1. The van der Waals surface area contributed by atoms with Crippen molar-refractivity contribution in [2.24, 2.45) is 0 Å². The second-order valence-corrected chi connectivity index (χ2v) is 6.13. The SMILES string of the molecule is O=C(NCc1ccco1)c1cnc(N2CCC3(CC2)OCCO3)nc1. The first-order valence-electron chi connectivity index (χ1n) is 8.40. The number of aromatic nitrogens is 2. The smallest absolute Gasteiger partial charge is 0.254 e. The molecule has 2 aromatic rings. The molecule has 4 rings (SSSR count). The van der Waals surface area contributed by atoms with Crippen LogP contribution in [0.3, 0.4) is 0 Å². The lowest BCUT2D eigenvalue weighted by molar-refractivity contribution is -0.169. The van der Waals surface area contributed by atoms with E-state index < -0.39 is 5.79 Å². The zero-order chi connectivity index (χ0) is 17.1. The van der Waals surface area contributed by atoms with Gasteiger partial charge in [0.25, 0.3) is 5.91 Å². The number of carbonyl (C=O) groups is 1. The molecular weight excluding hydrogens is 324 g/mol. The summed E-state index contributed by atoms with van der Waals surface area (Å²) in [5, 5.41) is 2.77. The number of furan rings is 1. The van der Waals surface area contributed by atoms with Crippen LogP contribution in [-0.2, 0) is 16.0 Å². The Bertz CT molecular complexity index is 701. The second-order valence-electron chi connectivity index (χ2n) is 6.13. The lowest BCUT2D eigenvalue weighted by Gasteiger charge is -2.37. The highest BCUT2D eigenvalue weighted by molar-refractivity contribution is 5.93. The highest BCUT2D eigenvalue weighted by Crippen LogP contribution is 2.32. The van der Waals surface area contributed by atoms with Crippen molar-refractivity contribution < 1.29 is 18.7 Å². The fourth-order valence-electron chi connectivity index (χ4n) is 3.12. The monoisotopic (exact) mass is 344 g/mol. The minimum Gasteiger partial charge on any atom is -0.467 e. The van der Waals surface area contributed by atoms with E-state index >= 15 is 0 Å². The molecule has 1 N–H and O–H groups in total. The molecular formula is C17H20N4O4. The van der Waals surface area contributed by atoms with Crippen LogP contribution >= 0.6 is 0 Å². The first kappa shape index (κ1) is 16.0. The van der Waals surface area contributed by atoms with Crippen LogP contribution in [0.4, 0.5) is 5.95 Å². The molecule has 2 aliphatic rings. The fourth-order valence-corrected chi connectivity index (χ4v) is 3.12. The molecule has 8 nitrogen and oxygen atoms in total. The van der Waals surface area contributed by atoms with Gasteiger partial charge in [-0.15, -0.1) is 0 Å². The molecule has 132 valence electrons. The molecule has 2 fully saturated rings. The highest BCUT2D eigenvalue weighted by Gasteiger charge is 2.40. The number of carbonyl (C=O) groups excluding carboxylic acids is 1. The number of hydrogen-bond donors (Lipinski definition) is 1. The van der Waals surface area contributed by atoms with Gasteiger partial charge in [-0.2, -0.15) is 0 Å². The molecule has 0 unspecified atom stereocenters. The van der Waals surface area contributed by atoms with E-state index in [0.717, 1.165) is 25.9 Å². The van der Waals surface area contributed by atoms with Gasteiger partial charge in [0, 0.05) is 38.3 Å². The Morgan fingerprint density at radius 1 is 1.20 bits per heavy atom. The number of rotatable bonds is 4. The third-order valence-electron chi connectivity index (χ3n) is 4.53. The van der Waals surface area contributed by atoms with Gasteiger partial charge in [-0.05, 0) is 12.1 Å². The number of anilines is 1. The Kier molecular flexibility index (Phi) is 4.37. The van der Waals surface area contributed by atoms with E-state index in [1.54, 1.807) is 30.8 Å². The van der Waals surface area contributed by atoms with Gasteiger partial charge in [0.2, 0.25) is 5.95 Å². The summed E-state index contributed by atoms with van der Waals surface area (Å²) < 4.78 is 16.6. The zero-order valence-electron chi connectivity index (χ0n) is 13.8. The Balaban J connectivity index is 1.33. The van der Waals surface area contributed by atoms with Crippen molar-refractivity contribution in [1.82, 2.24) is 15.3 Å². The molecule has 1 amide bonds. The van der Waals surface area contributed by atoms with Crippen LogP contribution in [0.1, 0.15) is 29.0 Å². The molecule has 0 radical (unpaired) electrons. The van der Waals surface area contributed by atoms with Gasteiger partial charge in [-0.1, -0.05) is 0 Å². The van der Waals surface area contributed by atoms with E-state index in [-0.39, 0.29) is 5.91 Å². The first-order chi connectivity index (χ1) is 12.2. The van der Waals surface area contributed by atoms with Crippen molar-refractivity contribution in [3.8, 4) is 0 Å². The summed E-state index contributed by atoms with van der Waals surface area (Å²) in [7, 11) is 0. The number of hydrogen-bond acceptors (Lipinski definition) is 7.